The van der Waals surface area contributed by atoms with Gasteiger partial charge in [0.2, 0.25) is 5.91 Å². The second kappa shape index (κ2) is 6.62. The molecule has 2 aliphatic rings. The van der Waals surface area contributed by atoms with Crippen molar-refractivity contribution in [1.29, 1.82) is 0 Å². The molecular weight excluding hydrogens is 372 g/mol. The van der Waals surface area contributed by atoms with Crippen LogP contribution in [0.2, 0.25) is 0 Å². The number of carbonyl (C=O) groups excluding carboxylic acids is 1. The highest BCUT2D eigenvalue weighted by atomic mass is 32.2. The van der Waals surface area contributed by atoms with Crippen molar-refractivity contribution in [2.45, 2.75) is 38.3 Å². The van der Waals surface area contributed by atoms with E-state index in [9.17, 15) is 13.2 Å². The first-order valence-corrected chi connectivity index (χ1v) is 11.4. The molecule has 2 heterocycles. The zero-order chi connectivity index (χ0) is 20.1. The Morgan fingerprint density at radius 2 is 1.46 bits per heavy atom. The van der Waals surface area contributed by atoms with Crippen LogP contribution >= 0.6 is 0 Å². The zero-order valence-electron chi connectivity index (χ0n) is 16.5. The minimum atomic E-state index is -3.20. The van der Waals surface area contributed by atoms with Crippen LogP contribution in [-0.4, -0.2) is 44.5 Å². The number of carbonyl (C=O) groups is 1. The number of anilines is 2. The van der Waals surface area contributed by atoms with Crippen molar-refractivity contribution in [2.75, 3.05) is 27.9 Å². The van der Waals surface area contributed by atoms with Crippen molar-refractivity contribution in [1.82, 2.24) is 0 Å². The van der Waals surface area contributed by atoms with Gasteiger partial charge in [0.15, 0.2) is 9.84 Å². The highest BCUT2D eigenvalue weighted by molar-refractivity contribution is 7.91. The summed E-state index contributed by atoms with van der Waals surface area (Å²) < 4.78 is 25.0. The van der Waals surface area contributed by atoms with E-state index in [4.69, 9.17) is 0 Å². The van der Waals surface area contributed by atoms with Gasteiger partial charge in [0, 0.05) is 11.4 Å². The summed E-state index contributed by atoms with van der Waals surface area (Å²) in [6, 6.07) is 16.9. The molecule has 1 amide bonds. The van der Waals surface area contributed by atoms with Crippen molar-refractivity contribution in [2.24, 2.45) is 0 Å². The molecule has 2 aromatic carbocycles. The number of hydrogen-bond acceptors (Lipinski definition) is 4. The highest BCUT2D eigenvalue weighted by Crippen LogP contribution is 2.35. The number of sulfone groups is 1. The van der Waals surface area contributed by atoms with Crippen LogP contribution in [0.5, 0.6) is 0 Å². The maximum Gasteiger partial charge on any atom is 0.246 e. The van der Waals surface area contributed by atoms with Crippen molar-refractivity contribution in [3.05, 3.63) is 60.2 Å². The molecule has 0 saturated carbocycles. The molecule has 0 aliphatic carbocycles. The molecule has 0 radical (unpaired) electrons. The Morgan fingerprint density at radius 1 is 0.857 bits per heavy atom. The van der Waals surface area contributed by atoms with E-state index in [0.29, 0.717) is 0 Å². The normalized spacial score (nSPS) is 24.3. The molecule has 4 rings (SSSR count). The molecule has 2 fully saturated rings. The summed E-state index contributed by atoms with van der Waals surface area (Å²) in [4.78, 5) is 16.7. The van der Waals surface area contributed by atoms with E-state index in [2.05, 4.69) is 32.9 Å². The second-order valence-corrected chi connectivity index (χ2v) is 10.9. The fraction of sp³-hybridized carbons (Fsp3) is 0.409. The molecule has 0 aromatic heterocycles. The summed E-state index contributed by atoms with van der Waals surface area (Å²) in [7, 11) is -3.20. The lowest BCUT2D eigenvalue weighted by Crippen LogP contribution is -2.62. The minimum absolute atomic E-state index is 0.00881. The Bertz CT molecular complexity index is 979. The highest BCUT2D eigenvalue weighted by Gasteiger charge is 2.49. The molecule has 0 spiro atoms. The van der Waals surface area contributed by atoms with Gasteiger partial charge in [0.05, 0.1) is 30.1 Å². The number of rotatable bonds is 2. The van der Waals surface area contributed by atoms with Crippen LogP contribution in [0.25, 0.3) is 0 Å². The van der Waals surface area contributed by atoms with E-state index in [1.807, 2.05) is 47.4 Å². The lowest BCUT2D eigenvalue weighted by Gasteiger charge is -2.44. The van der Waals surface area contributed by atoms with Gasteiger partial charge in [-0.05, 0) is 35.2 Å². The van der Waals surface area contributed by atoms with Gasteiger partial charge in [-0.15, -0.1) is 0 Å². The molecule has 148 valence electrons. The Hall–Kier alpha value is -2.34. The molecule has 2 saturated heterocycles. The lowest BCUT2D eigenvalue weighted by molar-refractivity contribution is -0.118. The van der Waals surface area contributed by atoms with Gasteiger partial charge in [-0.3, -0.25) is 4.79 Å². The van der Waals surface area contributed by atoms with E-state index in [1.54, 1.807) is 4.90 Å². The molecule has 28 heavy (non-hydrogen) atoms. The monoisotopic (exact) mass is 398 g/mol. The number of nitrogens with zero attached hydrogens (tertiary/aromatic N) is 2. The molecular formula is C22H26N2O3S. The molecule has 2 aromatic rings. The molecule has 5 nitrogen and oxygen atoms in total. The maximum atomic E-state index is 13.0. The zero-order valence-corrected chi connectivity index (χ0v) is 17.3. The lowest BCUT2D eigenvalue weighted by atomic mass is 9.87. The quantitative estimate of drug-likeness (QED) is 0.780. The third-order valence-corrected chi connectivity index (χ3v) is 7.40. The molecule has 0 N–H and O–H groups in total. The average Bonchev–Trinajstić information content (AvgIpc) is 2.96. The fourth-order valence-corrected chi connectivity index (χ4v) is 6.19. The van der Waals surface area contributed by atoms with Crippen molar-refractivity contribution >= 4 is 27.1 Å². The summed E-state index contributed by atoms with van der Waals surface area (Å²) in [5, 5.41) is 0. The molecule has 6 heteroatoms. The summed E-state index contributed by atoms with van der Waals surface area (Å²) in [6.45, 7) is 6.65. The van der Waals surface area contributed by atoms with Gasteiger partial charge in [-0.1, -0.05) is 51.1 Å². The van der Waals surface area contributed by atoms with Crippen LogP contribution in [0.1, 0.15) is 26.3 Å². The first-order chi connectivity index (χ1) is 13.2. The fourth-order valence-electron chi connectivity index (χ4n) is 4.24. The van der Waals surface area contributed by atoms with Gasteiger partial charge < -0.3 is 9.80 Å². The number of para-hydroxylation sites is 1. The summed E-state index contributed by atoms with van der Waals surface area (Å²) >= 11 is 0. The molecule has 2 atom stereocenters. The predicted octanol–water partition coefficient (Wildman–Crippen LogP) is 3.00. The van der Waals surface area contributed by atoms with Gasteiger partial charge in [-0.2, -0.15) is 0 Å². The SMILES string of the molecule is CC(C)(C)c1ccc(N2CC(=O)N(c3ccccc3)[C@H]3CS(=O)(=O)C[C@H]32)cc1. The topological polar surface area (TPSA) is 57.7 Å². The van der Waals surface area contributed by atoms with E-state index in [0.717, 1.165) is 11.4 Å². The molecule has 2 aliphatic heterocycles. The van der Waals surface area contributed by atoms with Crippen LogP contribution in [0.4, 0.5) is 11.4 Å². The van der Waals surface area contributed by atoms with Gasteiger partial charge in [0.25, 0.3) is 0 Å². The third-order valence-electron chi connectivity index (χ3n) is 5.70. The van der Waals surface area contributed by atoms with Gasteiger partial charge >= 0.3 is 0 Å². The predicted molar refractivity (Wildman–Crippen MR) is 113 cm³/mol. The second-order valence-electron chi connectivity index (χ2n) is 8.74. The number of hydrogen-bond donors (Lipinski definition) is 0. The Kier molecular flexibility index (Phi) is 4.49. The van der Waals surface area contributed by atoms with Crippen LogP contribution in [0.15, 0.2) is 54.6 Å². The minimum Gasteiger partial charge on any atom is -0.356 e. The molecule has 0 unspecified atom stereocenters. The summed E-state index contributed by atoms with van der Waals surface area (Å²) in [5.74, 6) is 0.0222. The Balaban J connectivity index is 1.71. The Morgan fingerprint density at radius 3 is 2.07 bits per heavy atom. The van der Waals surface area contributed by atoms with Crippen LogP contribution in [-0.2, 0) is 20.0 Å². The maximum absolute atomic E-state index is 13.0. The third kappa shape index (κ3) is 3.41. The van der Waals surface area contributed by atoms with Crippen molar-refractivity contribution < 1.29 is 13.2 Å². The first kappa shape index (κ1) is 19.0. The number of fused-ring (bicyclic) bond motifs is 1. The van der Waals surface area contributed by atoms with Gasteiger partial charge in [-0.25, -0.2) is 8.42 Å². The number of piperazine rings is 1. The largest absolute Gasteiger partial charge is 0.356 e. The number of benzene rings is 2. The first-order valence-electron chi connectivity index (χ1n) is 9.60. The smallest absolute Gasteiger partial charge is 0.246 e. The van der Waals surface area contributed by atoms with E-state index in [-0.39, 0.29) is 41.5 Å². The van der Waals surface area contributed by atoms with E-state index < -0.39 is 9.84 Å². The standard InChI is InChI=1S/C22H26N2O3S/c1-22(2,3)16-9-11-17(12-10-16)23-13-21(25)24(18-7-5-4-6-8-18)20-15-28(26,27)14-19(20)23/h4-12,19-20H,13-15H2,1-3H3/t19-,20+/m1/s1. The van der Waals surface area contributed by atoms with Crippen LogP contribution < -0.4 is 9.80 Å². The summed E-state index contributed by atoms with van der Waals surface area (Å²) in [6.07, 6.45) is 0. The van der Waals surface area contributed by atoms with Crippen LogP contribution in [0.3, 0.4) is 0 Å². The van der Waals surface area contributed by atoms with Gasteiger partial charge in [0.1, 0.15) is 0 Å². The average molecular weight is 399 g/mol. The van der Waals surface area contributed by atoms with Crippen molar-refractivity contribution in [3.63, 3.8) is 0 Å². The van der Waals surface area contributed by atoms with Crippen LogP contribution in [0, 0.1) is 0 Å². The van der Waals surface area contributed by atoms with E-state index in [1.165, 1.54) is 5.56 Å². The summed E-state index contributed by atoms with van der Waals surface area (Å²) in [5.41, 5.74) is 2.92. The number of amides is 1. The van der Waals surface area contributed by atoms with E-state index >= 15 is 0 Å². The Labute approximate surface area is 166 Å². The van der Waals surface area contributed by atoms with Crippen molar-refractivity contribution in [3.8, 4) is 0 Å². The molecule has 0 bridgehead atoms.